The third kappa shape index (κ3) is 1.13. The van der Waals surface area contributed by atoms with Crippen LogP contribution < -0.4 is 10.2 Å². The van der Waals surface area contributed by atoms with Crippen molar-refractivity contribution in [2.24, 2.45) is 0 Å². The number of hydrogen-bond donors (Lipinski definition) is 0. The zero-order valence-corrected chi connectivity index (χ0v) is 7.88. The van der Waals surface area contributed by atoms with Crippen LogP contribution in [0.4, 0.5) is 0 Å². The van der Waals surface area contributed by atoms with E-state index in [1.807, 2.05) is 30.3 Å². The number of aromatic nitrogens is 1. The number of hydrogen-bond acceptors (Lipinski definition) is 2. The van der Waals surface area contributed by atoms with Crippen molar-refractivity contribution in [3.8, 4) is 0 Å². The molecule has 3 rings (SSSR count). The molecular weight excluding hydrogens is 190 g/mol. The van der Waals surface area contributed by atoms with Gasteiger partial charge in [0, 0.05) is 12.1 Å². The Hall–Kier alpha value is -2.16. The highest BCUT2D eigenvalue weighted by Gasteiger charge is 2.12. The van der Waals surface area contributed by atoms with Crippen molar-refractivity contribution in [1.82, 2.24) is 0 Å². The Balaban J connectivity index is 2.70. The summed E-state index contributed by atoms with van der Waals surface area (Å²) in [5.74, 6) is -0.357. The Morgan fingerprint density at radius 1 is 1.00 bits per heavy atom. The van der Waals surface area contributed by atoms with Gasteiger partial charge in [-0.1, -0.05) is 16.5 Å². The molecule has 0 radical (unpaired) electrons. The van der Waals surface area contributed by atoms with E-state index < -0.39 is 0 Å². The molecule has 15 heavy (non-hydrogen) atoms. The summed E-state index contributed by atoms with van der Waals surface area (Å²) in [6.07, 6.45) is 1.70. The van der Waals surface area contributed by atoms with Gasteiger partial charge in [-0.2, -0.15) is 4.79 Å². The van der Waals surface area contributed by atoms with Gasteiger partial charge in [-0.05, 0) is 18.2 Å². The van der Waals surface area contributed by atoms with Crippen LogP contribution in [0.1, 0.15) is 0 Å². The number of benzene rings is 1. The number of rotatable bonds is 0. The minimum absolute atomic E-state index is 0.357. The smallest absolute Gasteiger partial charge is 0.371 e. The maximum Gasteiger partial charge on any atom is 0.608 e. The summed E-state index contributed by atoms with van der Waals surface area (Å²) < 4.78 is 6.68. The maximum atomic E-state index is 11.6. The molecule has 0 N–H and O–H groups in total. The second-order valence-corrected chi connectivity index (χ2v) is 3.32. The molecule has 0 amide bonds. The predicted molar refractivity (Wildman–Crippen MR) is 55.6 cm³/mol. The molecule has 0 fully saturated rings. The lowest BCUT2D eigenvalue weighted by molar-refractivity contribution is -0.543. The molecule has 1 aromatic carbocycles. The molecule has 0 atom stereocenters. The molecule has 0 saturated carbocycles. The zero-order chi connectivity index (χ0) is 10.3. The molecule has 0 saturated heterocycles. The lowest BCUT2D eigenvalue weighted by Crippen LogP contribution is -2.39. The van der Waals surface area contributed by atoms with E-state index >= 15 is 0 Å². The first-order valence-corrected chi connectivity index (χ1v) is 4.68. The van der Waals surface area contributed by atoms with Gasteiger partial charge in [0.15, 0.2) is 11.8 Å². The first-order chi connectivity index (χ1) is 7.36. The molecule has 2 aromatic heterocycles. The molecule has 0 aliphatic carbocycles. The Morgan fingerprint density at radius 3 is 2.73 bits per heavy atom. The molecule has 3 nitrogen and oxygen atoms in total. The second-order valence-electron chi connectivity index (χ2n) is 3.32. The van der Waals surface area contributed by atoms with Gasteiger partial charge in [0.05, 0.1) is 5.39 Å². The van der Waals surface area contributed by atoms with Gasteiger partial charge in [0.1, 0.15) is 0 Å². The van der Waals surface area contributed by atoms with E-state index in [0.717, 1.165) is 10.9 Å². The van der Waals surface area contributed by atoms with Crippen molar-refractivity contribution in [2.75, 3.05) is 0 Å². The van der Waals surface area contributed by atoms with Crippen LogP contribution in [-0.2, 0) is 0 Å². The fourth-order valence-electron chi connectivity index (χ4n) is 1.73. The highest BCUT2D eigenvalue weighted by molar-refractivity contribution is 5.89. The van der Waals surface area contributed by atoms with Crippen LogP contribution in [0.15, 0.2) is 57.9 Å². The van der Waals surface area contributed by atoms with Gasteiger partial charge in [0.25, 0.3) is 0 Å². The van der Waals surface area contributed by atoms with Crippen molar-refractivity contribution in [3.63, 3.8) is 0 Å². The zero-order valence-electron chi connectivity index (χ0n) is 7.88. The Kier molecular flexibility index (Phi) is 1.59. The molecule has 2 heterocycles. The lowest BCUT2D eigenvalue weighted by atomic mass is 10.2. The van der Waals surface area contributed by atoms with Crippen LogP contribution in [0, 0.1) is 0 Å². The first kappa shape index (κ1) is 8.17. The molecule has 0 bridgehead atoms. The molecule has 72 valence electrons. The monoisotopic (exact) mass is 198 g/mol. The maximum absolute atomic E-state index is 11.6. The van der Waals surface area contributed by atoms with Crippen molar-refractivity contribution in [3.05, 3.63) is 59.2 Å². The van der Waals surface area contributed by atoms with Crippen molar-refractivity contribution in [1.29, 1.82) is 0 Å². The molecule has 0 aliphatic rings. The van der Waals surface area contributed by atoms with Gasteiger partial charge in [-0.25, -0.2) is 0 Å². The summed E-state index contributed by atoms with van der Waals surface area (Å²) in [6, 6.07) is 13.1. The second kappa shape index (κ2) is 2.92. The van der Waals surface area contributed by atoms with E-state index in [2.05, 4.69) is 0 Å². The van der Waals surface area contributed by atoms with Crippen LogP contribution in [0.5, 0.6) is 0 Å². The van der Waals surface area contributed by atoms with E-state index in [1.165, 1.54) is 4.40 Å². The summed E-state index contributed by atoms with van der Waals surface area (Å²) in [5, 5.41) is 0.942. The summed E-state index contributed by atoms with van der Waals surface area (Å²) in [5.41, 5.74) is 1.48. The first-order valence-electron chi connectivity index (χ1n) is 4.68. The fraction of sp³-hybridized carbons (Fsp3) is 0. The standard InChI is InChI=1S/C12H8NO2/c14-12-13-8-4-3-6-10(13)9-5-1-2-7-11(9)15-12/h1-8H/q+1. The van der Waals surface area contributed by atoms with Crippen LogP contribution >= 0.6 is 0 Å². The van der Waals surface area contributed by atoms with Crippen molar-refractivity contribution >= 4 is 16.5 Å². The van der Waals surface area contributed by atoms with Crippen LogP contribution in [0.25, 0.3) is 16.5 Å². The average Bonchev–Trinajstić information content (AvgIpc) is 2.30. The van der Waals surface area contributed by atoms with Gasteiger partial charge in [0.2, 0.25) is 5.52 Å². The minimum Gasteiger partial charge on any atom is -0.371 e. The molecule has 0 unspecified atom stereocenters. The molecule has 0 spiro atoms. The topological polar surface area (TPSA) is 34.3 Å². The molecule has 0 aliphatic heterocycles. The highest BCUT2D eigenvalue weighted by atomic mass is 16.4. The van der Waals surface area contributed by atoms with Crippen molar-refractivity contribution < 1.29 is 8.82 Å². The Bertz CT molecular complexity index is 700. The van der Waals surface area contributed by atoms with Gasteiger partial charge in [-0.15, -0.1) is 0 Å². The lowest BCUT2D eigenvalue weighted by Gasteiger charge is -1.94. The molecule has 3 heteroatoms. The van der Waals surface area contributed by atoms with Gasteiger partial charge in [-0.3, -0.25) is 0 Å². The number of nitrogens with zero attached hydrogens (tertiary/aromatic N) is 1. The molecular formula is C12H8NO2+. The van der Waals surface area contributed by atoms with Gasteiger partial charge >= 0.3 is 5.76 Å². The van der Waals surface area contributed by atoms with E-state index in [-0.39, 0.29) is 5.76 Å². The summed E-state index contributed by atoms with van der Waals surface area (Å²) in [7, 11) is 0. The Labute approximate surface area is 85.2 Å². The van der Waals surface area contributed by atoms with E-state index in [4.69, 9.17) is 4.42 Å². The Morgan fingerprint density at radius 2 is 1.80 bits per heavy atom. The van der Waals surface area contributed by atoms with Crippen molar-refractivity contribution in [2.45, 2.75) is 0 Å². The largest absolute Gasteiger partial charge is 0.608 e. The number of fused-ring (bicyclic) bond motifs is 3. The predicted octanol–water partition coefficient (Wildman–Crippen LogP) is 1.53. The highest BCUT2D eigenvalue weighted by Crippen LogP contribution is 2.13. The number of pyridine rings is 1. The van der Waals surface area contributed by atoms with E-state index in [9.17, 15) is 4.79 Å². The quantitative estimate of drug-likeness (QED) is 0.405. The normalized spacial score (nSPS) is 10.9. The van der Waals surface area contributed by atoms with Crippen LogP contribution in [0.2, 0.25) is 0 Å². The summed E-state index contributed by atoms with van der Waals surface area (Å²) >= 11 is 0. The summed E-state index contributed by atoms with van der Waals surface area (Å²) in [6.45, 7) is 0. The van der Waals surface area contributed by atoms with Crippen LogP contribution in [0.3, 0.4) is 0 Å². The molecule has 3 aromatic rings. The SMILES string of the molecule is O=c1oc2ccccc2c2cccc[n+]12. The van der Waals surface area contributed by atoms with E-state index in [0.29, 0.717) is 5.58 Å². The minimum atomic E-state index is -0.357. The average molecular weight is 198 g/mol. The third-order valence-electron chi connectivity index (χ3n) is 2.42. The fourth-order valence-corrected chi connectivity index (χ4v) is 1.73. The van der Waals surface area contributed by atoms with Gasteiger partial charge < -0.3 is 4.42 Å². The third-order valence-corrected chi connectivity index (χ3v) is 2.42. The van der Waals surface area contributed by atoms with E-state index in [1.54, 1.807) is 18.3 Å². The van der Waals surface area contributed by atoms with Crippen LogP contribution in [-0.4, -0.2) is 0 Å². The number of para-hydroxylation sites is 1. The summed E-state index contributed by atoms with van der Waals surface area (Å²) in [4.78, 5) is 11.6.